The van der Waals surface area contributed by atoms with Gasteiger partial charge in [0.2, 0.25) is 0 Å². The molecule has 4 heteroatoms. The Kier molecular flexibility index (Phi) is 5.23. The lowest BCUT2D eigenvalue weighted by Crippen LogP contribution is -2.17. The fraction of sp³-hybridized carbons (Fsp3) is 0.312. The molecule has 3 nitrogen and oxygen atoms in total. The van der Waals surface area contributed by atoms with E-state index in [2.05, 4.69) is 41.0 Å². The average molecular weight is 288 g/mol. The molecule has 0 fully saturated rings. The molecular weight excluding hydrogens is 270 g/mol. The van der Waals surface area contributed by atoms with Gasteiger partial charge in [-0.25, -0.2) is 0 Å². The maximum Gasteiger partial charge on any atom is 0.0766 e. The molecule has 0 spiro atoms. The monoisotopic (exact) mass is 287 g/mol. The third-order valence-electron chi connectivity index (χ3n) is 3.09. The molecule has 20 heavy (non-hydrogen) atoms. The number of hydrogen-bond donors (Lipinski definition) is 1. The van der Waals surface area contributed by atoms with E-state index >= 15 is 0 Å². The SMILES string of the molecule is CCN(C)CC#CCNc1ccnc2cc(Cl)ccc12. The van der Waals surface area contributed by atoms with Gasteiger partial charge in [-0.3, -0.25) is 9.88 Å². The summed E-state index contributed by atoms with van der Waals surface area (Å²) in [5.74, 6) is 6.27. The van der Waals surface area contributed by atoms with Gasteiger partial charge in [-0.05, 0) is 37.9 Å². The zero-order chi connectivity index (χ0) is 14.4. The molecule has 0 unspecified atom stereocenters. The molecule has 0 aliphatic rings. The molecule has 104 valence electrons. The van der Waals surface area contributed by atoms with Crippen molar-refractivity contribution in [1.82, 2.24) is 9.88 Å². The highest BCUT2D eigenvalue weighted by atomic mass is 35.5. The van der Waals surface area contributed by atoms with Crippen molar-refractivity contribution < 1.29 is 0 Å². The van der Waals surface area contributed by atoms with Crippen LogP contribution in [0.25, 0.3) is 10.9 Å². The topological polar surface area (TPSA) is 28.2 Å². The number of nitrogens with zero attached hydrogens (tertiary/aromatic N) is 2. The Bertz CT molecular complexity index is 643. The van der Waals surface area contributed by atoms with Crippen LogP contribution >= 0.6 is 11.6 Å². The predicted molar refractivity (Wildman–Crippen MR) is 86.2 cm³/mol. The molecule has 0 aliphatic carbocycles. The van der Waals surface area contributed by atoms with Crippen LogP contribution in [0.15, 0.2) is 30.5 Å². The van der Waals surface area contributed by atoms with Gasteiger partial charge >= 0.3 is 0 Å². The van der Waals surface area contributed by atoms with Crippen molar-refractivity contribution in [3.63, 3.8) is 0 Å². The van der Waals surface area contributed by atoms with E-state index < -0.39 is 0 Å². The first kappa shape index (κ1) is 14.6. The Balaban J connectivity index is 2.03. The van der Waals surface area contributed by atoms with E-state index in [1.165, 1.54) is 0 Å². The summed E-state index contributed by atoms with van der Waals surface area (Å²) in [5, 5.41) is 5.08. The molecule has 2 aromatic rings. The van der Waals surface area contributed by atoms with E-state index in [0.717, 1.165) is 29.7 Å². The van der Waals surface area contributed by atoms with E-state index in [0.29, 0.717) is 11.6 Å². The quantitative estimate of drug-likeness (QED) is 0.875. The van der Waals surface area contributed by atoms with E-state index in [1.54, 1.807) is 6.20 Å². The molecule has 0 bridgehead atoms. The number of aromatic nitrogens is 1. The van der Waals surface area contributed by atoms with Gasteiger partial charge in [0.1, 0.15) is 0 Å². The second-order valence-electron chi connectivity index (χ2n) is 4.56. The van der Waals surface area contributed by atoms with Crippen LogP contribution in [0.3, 0.4) is 0 Å². The van der Waals surface area contributed by atoms with Crippen molar-refractivity contribution >= 4 is 28.2 Å². The van der Waals surface area contributed by atoms with Gasteiger partial charge in [-0.15, -0.1) is 0 Å². The molecule has 0 radical (unpaired) electrons. The lowest BCUT2D eigenvalue weighted by molar-refractivity contribution is 0.398. The van der Waals surface area contributed by atoms with Gasteiger partial charge in [0.15, 0.2) is 0 Å². The van der Waals surface area contributed by atoms with Crippen LogP contribution in [0.1, 0.15) is 6.92 Å². The van der Waals surface area contributed by atoms with Crippen LogP contribution in [0, 0.1) is 11.8 Å². The van der Waals surface area contributed by atoms with Crippen molar-refractivity contribution in [2.75, 3.05) is 32.0 Å². The van der Waals surface area contributed by atoms with E-state index in [9.17, 15) is 0 Å². The van der Waals surface area contributed by atoms with Crippen molar-refractivity contribution in [2.45, 2.75) is 6.92 Å². The Morgan fingerprint density at radius 3 is 2.95 bits per heavy atom. The van der Waals surface area contributed by atoms with Gasteiger partial charge in [0, 0.05) is 22.3 Å². The number of hydrogen-bond acceptors (Lipinski definition) is 3. The second-order valence-corrected chi connectivity index (χ2v) is 4.99. The third-order valence-corrected chi connectivity index (χ3v) is 3.32. The first-order valence-electron chi connectivity index (χ1n) is 6.63. The normalized spacial score (nSPS) is 10.4. The van der Waals surface area contributed by atoms with Crippen molar-refractivity contribution in [2.24, 2.45) is 0 Å². The number of rotatable bonds is 4. The number of halogens is 1. The van der Waals surface area contributed by atoms with Crippen LogP contribution in [-0.2, 0) is 0 Å². The molecule has 1 heterocycles. The molecule has 1 aromatic carbocycles. The Hall–Kier alpha value is -1.76. The molecule has 0 aliphatic heterocycles. The highest BCUT2D eigenvalue weighted by molar-refractivity contribution is 6.31. The molecular formula is C16H18ClN3. The number of fused-ring (bicyclic) bond motifs is 1. The fourth-order valence-electron chi connectivity index (χ4n) is 1.78. The summed E-state index contributed by atoms with van der Waals surface area (Å²) in [6.45, 7) is 4.55. The second kappa shape index (κ2) is 7.14. The summed E-state index contributed by atoms with van der Waals surface area (Å²) in [6.07, 6.45) is 1.78. The van der Waals surface area contributed by atoms with Crippen molar-refractivity contribution in [3.8, 4) is 11.8 Å². The molecule has 2 rings (SSSR count). The molecule has 0 saturated heterocycles. The fourth-order valence-corrected chi connectivity index (χ4v) is 1.95. The van der Waals surface area contributed by atoms with Crippen LogP contribution < -0.4 is 5.32 Å². The van der Waals surface area contributed by atoms with E-state index in [-0.39, 0.29) is 0 Å². The zero-order valence-corrected chi connectivity index (χ0v) is 12.5. The molecule has 0 atom stereocenters. The first-order valence-corrected chi connectivity index (χ1v) is 7.01. The maximum atomic E-state index is 5.97. The number of nitrogens with one attached hydrogen (secondary N) is 1. The number of benzene rings is 1. The van der Waals surface area contributed by atoms with Crippen LogP contribution in [0.5, 0.6) is 0 Å². The Labute approximate surface area is 124 Å². The summed E-state index contributed by atoms with van der Waals surface area (Å²) in [4.78, 5) is 6.48. The highest BCUT2D eigenvalue weighted by Gasteiger charge is 2.01. The van der Waals surface area contributed by atoms with Crippen LogP contribution in [-0.4, -0.2) is 36.6 Å². The molecule has 1 aromatic heterocycles. The highest BCUT2D eigenvalue weighted by Crippen LogP contribution is 2.23. The predicted octanol–water partition coefficient (Wildman–Crippen LogP) is 3.26. The lowest BCUT2D eigenvalue weighted by Gasteiger charge is -2.08. The minimum atomic E-state index is 0.624. The number of anilines is 1. The molecule has 1 N–H and O–H groups in total. The third kappa shape index (κ3) is 3.86. The average Bonchev–Trinajstić information content (AvgIpc) is 2.46. The van der Waals surface area contributed by atoms with Gasteiger partial charge in [0.05, 0.1) is 18.6 Å². The van der Waals surface area contributed by atoms with Crippen LogP contribution in [0.4, 0.5) is 5.69 Å². The maximum absolute atomic E-state index is 5.97. The summed E-state index contributed by atoms with van der Waals surface area (Å²) >= 11 is 5.97. The Morgan fingerprint density at radius 1 is 1.30 bits per heavy atom. The van der Waals surface area contributed by atoms with E-state index in [4.69, 9.17) is 11.6 Å². The Morgan fingerprint density at radius 2 is 2.15 bits per heavy atom. The number of pyridine rings is 1. The molecule has 0 amide bonds. The summed E-state index contributed by atoms with van der Waals surface area (Å²) in [5.41, 5.74) is 1.92. The zero-order valence-electron chi connectivity index (χ0n) is 11.8. The standard InChI is InChI=1S/C16H18ClN3/c1-3-20(2)11-5-4-9-18-15-8-10-19-16-12-13(17)6-7-14(15)16/h6-8,10,12H,3,9,11H2,1-2H3,(H,18,19). The smallest absolute Gasteiger partial charge is 0.0766 e. The summed E-state index contributed by atoms with van der Waals surface area (Å²) in [7, 11) is 2.06. The van der Waals surface area contributed by atoms with Gasteiger partial charge in [-0.2, -0.15) is 0 Å². The minimum Gasteiger partial charge on any atom is -0.374 e. The van der Waals surface area contributed by atoms with E-state index in [1.807, 2.05) is 24.3 Å². The first-order chi connectivity index (χ1) is 9.70. The largest absolute Gasteiger partial charge is 0.374 e. The van der Waals surface area contributed by atoms with Crippen molar-refractivity contribution in [3.05, 3.63) is 35.5 Å². The summed E-state index contributed by atoms with van der Waals surface area (Å²) < 4.78 is 0. The van der Waals surface area contributed by atoms with Crippen LogP contribution in [0.2, 0.25) is 5.02 Å². The van der Waals surface area contributed by atoms with Crippen molar-refractivity contribution in [1.29, 1.82) is 0 Å². The summed E-state index contributed by atoms with van der Waals surface area (Å²) in [6, 6.07) is 7.67. The van der Waals surface area contributed by atoms with Gasteiger partial charge in [0.25, 0.3) is 0 Å². The van der Waals surface area contributed by atoms with Gasteiger partial charge < -0.3 is 5.32 Å². The lowest BCUT2D eigenvalue weighted by atomic mass is 10.2. The van der Waals surface area contributed by atoms with Gasteiger partial charge in [-0.1, -0.05) is 30.4 Å². The molecule has 0 saturated carbocycles. The minimum absolute atomic E-state index is 0.624.